The number of benzene rings is 3. The Balaban J connectivity index is 1.62. The van der Waals surface area contributed by atoms with Crippen LogP contribution in [0.15, 0.2) is 77.7 Å². The zero-order valence-corrected chi connectivity index (χ0v) is 17.3. The fourth-order valence-electron chi connectivity index (χ4n) is 2.69. The van der Waals surface area contributed by atoms with Crippen LogP contribution in [0.25, 0.3) is 0 Å². The van der Waals surface area contributed by atoms with Crippen LogP contribution in [0, 0.1) is 13.8 Å². The number of sulfonamides is 1. The summed E-state index contributed by atoms with van der Waals surface area (Å²) in [5, 5.41) is 2.77. The van der Waals surface area contributed by atoms with Crippen molar-refractivity contribution in [2.24, 2.45) is 0 Å². The van der Waals surface area contributed by atoms with Crippen molar-refractivity contribution in [3.63, 3.8) is 0 Å². The number of carbonyl (C=O) groups excluding carboxylic acids is 2. The highest BCUT2D eigenvalue weighted by atomic mass is 32.2. The van der Waals surface area contributed by atoms with E-state index in [2.05, 4.69) is 15.6 Å². The molecule has 30 heavy (non-hydrogen) atoms. The molecule has 3 aromatic rings. The molecule has 7 nitrogen and oxygen atoms in total. The van der Waals surface area contributed by atoms with Gasteiger partial charge in [-0.15, -0.1) is 4.83 Å². The first-order valence-corrected chi connectivity index (χ1v) is 10.6. The smallest absolute Gasteiger partial charge is 0.266 e. The lowest BCUT2D eigenvalue weighted by Crippen LogP contribution is -2.41. The summed E-state index contributed by atoms with van der Waals surface area (Å²) < 4.78 is 24.5. The molecule has 0 bridgehead atoms. The molecule has 0 radical (unpaired) electrons. The second kappa shape index (κ2) is 8.89. The number of nitrogens with one attached hydrogen (secondary N) is 3. The third-order valence-electron chi connectivity index (χ3n) is 4.42. The van der Waals surface area contributed by atoms with Crippen LogP contribution in [-0.4, -0.2) is 20.2 Å². The van der Waals surface area contributed by atoms with Crippen LogP contribution in [0.3, 0.4) is 0 Å². The van der Waals surface area contributed by atoms with Crippen molar-refractivity contribution < 1.29 is 18.0 Å². The molecule has 8 heteroatoms. The molecular formula is C22H21N3O4S. The molecule has 0 aromatic heterocycles. The fraction of sp³-hybridized carbons (Fsp3) is 0.0909. The molecule has 2 amide bonds. The third kappa shape index (κ3) is 5.11. The van der Waals surface area contributed by atoms with E-state index in [9.17, 15) is 18.0 Å². The first-order chi connectivity index (χ1) is 14.3. The molecular weight excluding hydrogens is 402 g/mol. The van der Waals surface area contributed by atoms with E-state index in [1.54, 1.807) is 36.4 Å². The topological polar surface area (TPSA) is 104 Å². The summed E-state index contributed by atoms with van der Waals surface area (Å²) >= 11 is 0. The first-order valence-electron chi connectivity index (χ1n) is 9.12. The quantitative estimate of drug-likeness (QED) is 0.530. The van der Waals surface area contributed by atoms with Gasteiger partial charge in [0.05, 0.1) is 4.90 Å². The average Bonchev–Trinajstić information content (AvgIpc) is 2.73. The summed E-state index contributed by atoms with van der Waals surface area (Å²) in [5.74, 6) is -0.876. The number of anilines is 1. The van der Waals surface area contributed by atoms with Gasteiger partial charge in [-0.1, -0.05) is 35.9 Å². The molecule has 3 aromatic carbocycles. The summed E-state index contributed by atoms with van der Waals surface area (Å²) in [4.78, 5) is 26.7. The van der Waals surface area contributed by atoms with Crippen LogP contribution in [0.5, 0.6) is 0 Å². The average molecular weight is 423 g/mol. The Kier molecular flexibility index (Phi) is 6.29. The highest BCUT2D eigenvalue weighted by Gasteiger charge is 2.16. The van der Waals surface area contributed by atoms with Crippen LogP contribution < -0.4 is 15.6 Å². The summed E-state index contributed by atoms with van der Waals surface area (Å²) in [6, 6.07) is 19.6. The van der Waals surface area contributed by atoms with E-state index >= 15 is 0 Å². The summed E-state index contributed by atoms with van der Waals surface area (Å²) in [7, 11) is -3.88. The van der Waals surface area contributed by atoms with E-state index < -0.39 is 15.9 Å². The van der Waals surface area contributed by atoms with Gasteiger partial charge >= 0.3 is 0 Å². The monoisotopic (exact) mass is 423 g/mol. The second-order valence-corrected chi connectivity index (χ2v) is 8.40. The van der Waals surface area contributed by atoms with Crippen LogP contribution in [0.4, 0.5) is 5.69 Å². The van der Waals surface area contributed by atoms with Gasteiger partial charge in [0.25, 0.3) is 21.8 Å². The number of rotatable bonds is 6. The van der Waals surface area contributed by atoms with Gasteiger partial charge in [-0.2, -0.15) is 0 Å². The minimum absolute atomic E-state index is 0.0441. The van der Waals surface area contributed by atoms with E-state index in [1.165, 1.54) is 24.3 Å². The second-order valence-electron chi connectivity index (χ2n) is 6.72. The Morgan fingerprint density at radius 2 is 1.40 bits per heavy atom. The predicted molar refractivity (Wildman–Crippen MR) is 115 cm³/mol. The van der Waals surface area contributed by atoms with Gasteiger partial charge in [-0.25, -0.2) is 8.42 Å². The van der Waals surface area contributed by atoms with Crippen molar-refractivity contribution in [1.29, 1.82) is 0 Å². The van der Waals surface area contributed by atoms with Crippen molar-refractivity contribution in [2.45, 2.75) is 18.7 Å². The molecule has 0 spiro atoms. The van der Waals surface area contributed by atoms with Crippen LogP contribution >= 0.6 is 0 Å². The zero-order chi connectivity index (χ0) is 21.7. The molecule has 0 atom stereocenters. The summed E-state index contributed by atoms with van der Waals surface area (Å²) in [5.41, 5.74) is 5.26. The van der Waals surface area contributed by atoms with Gasteiger partial charge in [-0.3, -0.25) is 15.0 Å². The molecule has 0 aliphatic carbocycles. The van der Waals surface area contributed by atoms with Crippen molar-refractivity contribution in [3.8, 4) is 0 Å². The molecule has 0 saturated carbocycles. The molecule has 0 saturated heterocycles. The fourth-order valence-corrected chi connectivity index (χ4v) is 3.53. The van der Waals surface area contributed by atoms with Crippen LogP contribution in [-0.2, 0) is 10.0 Å². The number of carbonyl (C=O) groups is 2. The standard InChI is InChI=1S/C22H21N3O4S/c1-15-7-13-19(14-8-15)30(28,29)25-24-21(26)17-9-11-18(12-10-17)23-22(27)20-6-4-3-5-16(20)2/h3-14,25H,1-2H3,(H,23,27)(H,24,26). The van der Waals surface area contributed by atoms with E-state index in [0.29, 0.717) is 11.3 Å². The van der Waals surface area contributed by atoms with Gasteiger partial charge in [-0.05, 0) is 61.9 Å². The zero-order valence-electron chi connectivity index (χ0n) is 16.5. The highest BCUT2D eigenvalue weighted by molar-refractivity contribution is 7.89. The molecule has 0 fully saturated rings. The van der Waals surface area contributed by atoms with E-state index in [0.717, 1.165) is 11.1 Å². The SMILES string of the molecule is Cc1ccc(S(=O)(=O)NNC(=O)c2ccc(NC(=O)c3ccccc3C)cc2)cc1. The van der Waals surface area contributed by atoms with Gasteiger partial charge in [0.15, 0.2) is 0 Å². The number of amides is 2. The lowest BCUT2D eigenvalue weighted by molar-refractivity contribution is 0.0944. The number of hydrogen-bond donors (Lipinski definition) is 3. The molecule has 0 heterocycles. The maximum Gasteiger partial charge on any atom is 0.266 e. The van der Waals surface area contributed by atoms with E-state index in [4.69, 9.17) is 0 Å². The predicted octanol–water partition coefficient (Wildman–Crippen LogP) is 3.18. The maximum atomic E-state index is 12.4. The van der Waals surface area contributed by atoms with Crippen LogP contribution in [0.1, 0.15) is 31.8 Å². The van der Waals surface area contributed by atoms with Crippen molar-refractivity contribution in [2.75, 3.05) is 5.32 Å². The van der Waals surface area contributed by atoms with E-state index in [-0.39, 0.29) is 16.4 Å². The molecule has 3 N–H and O–H groups in total. The number of hydrazine groups is 1. The molecule has 0 aliphatic rings. The lowest BCUT2D eigenvalue weighted by Gasteiger charge is -2.10. The molecule has 0 unspecified atom stereocenters. The summed E-state index contributed by atoms with van der Waals surface area (Å²) in [6.07, 6.45) is 0. The van der Waals surface area contributed by atoms with Gasteiger partial charge in [0, 0.05) is 16.8 Å². The Morgan fingerprint density at radius 3 is 2.03 bits per heavy atom. The minimum atomic E-state index is -3.88. The normalized spacial score (nSPS) is 11.0. The number of hydrogen-bond acceptors (Lipinski definition) is 4. The lowest BCUT2D eigenvalue weighted by atomic mass is 10.1. The third-order valence-corrected chi connectivity index (χ3v) is 5.69. The maximum absolute atomic E-state index is 12.4. The Hall–Kier alpha value is -3.49. The van der Waals surface area contributed by atoms with Crippen molar-refractivity contribution >= 4 is 27.5 Å². The minimum Gasteiger partial charge on any atom is -0.322 e. The number of aryl methyl sites for hydroxylation is 2. The van der Waals surface area contributed by atoms with Crippen LogP contribution in [0.2, 0.25) is 0 Å². The van der Waals surface area contributed by atoms with Crippen molar-refractivity contribution in [1.82, 2.24) is 10.3 Å². The largest absolute Gasteiger partial charge is 0.322 e. The highest BCUT2D eigenvalue weighted by Crippen LogP contribution is 2.14. The van der Waals surface area contributed by atoms with Crippen molar-refractivity contribution in [3.05, 3.63) is 95.1 Å². The summed E-state index contributed by atoms with van der Waals surface area (Å²) in [6.45, 7) is 3.69. The molecule has 3 rings (SSSR count). The first kappa shape index (κ1) is 21.2. The Morgan fingerprint density at radius 1 is 0.767 bits per heavy atom. The van der Waals surface area contributed by atoms with Gasteiger partial charge in [0.1, 0.15) is 0 Å². The Bertz CT molecular complexity index is 1170. The van der Waals surface area contributed by atoms with Gasteiger partial charge < -0.3 is 5.32 Å². The molecule has 0 aliphatic heterocycles. The van der Waals surface area contributed by atoms with E-state index in [1.807, 2.05) is 26.0 Å². The Labute approximate surface area is 175 Å². The molecule has 154 valence electrons. The van der Waals surface area contributed by atoms with Gasteiger partial charge in [0.2, 0.25) is 0 Å².